The smallest absolute Gasteiger partial charge is 0.246 e. The molecule has 1 amide bonds. The molecule has 0 spiro atoms. The second-order valence-electron chi connectivity index (χ2n) is 7.45. The van der Waals surface area contributed by atoms with E-state index in [0.717, 1.165) is 41.9 Å². The number of hydrogen-bond donors (Lipinski definition) is 1. The first-order valence-corrected chi connectivity index (χ1v) is 9.83. The van der Waals surface area contributed by atoms with Crippen molar-refractivity contribution >= 4 is 46.7 Å². The monoisotopic (exact) mass is 465 g/mol. The Balaban J connectivity index is 0.00000169. The van der Waals surface area contributed by atoms with Gasteiger partial charge in [0.25, 0.3) is 0 Å². The number of nitrogens with two attached hydrogens (primary N) is 1. The summed E-state index contributed by atoms with van der Waals surface area (Å²) in [6.45, 7) is 7.21. The van der Waals surface area contributed by atoms with Crippen LogP contribution in [0.5, 0.6) is 0 Å². The molecule has 0 saturated carbocycles. The number of piperidine rings is 1. The Morgan fingerprint density at radius 3 is 2.19 bits per heavy atom. The number of amides is 1. The van der Waals surface area contributed by atoms with E-state index in [9.17, 15) is 4.79 Å². The van der Waals surface area contributed by atoms with E-state index in [4.69, 9.17) is 5.73 Å². The molecule has 1 atom stereocenters. The van der Waals surface area contributed by atoms with Gasteiger partial charge in [0.2, 0.25) is 5.91 Å². The number of benzene rings is 1. The van der Waals surface area contributed by atoms with Crippen molar-refractivity contribution in [2.75, 3.05) is 32.7 Å². The van der Waals surface area contributed by atoms with E-state index in [-0.39, 0.29) is 30.7 Å². The van der Waals surface area contributed by atoms with Crippen LogP contribution in [0.3, 0.4) is 0 Å². The van der Waals surface area contributed by atoms with Gasteiger partial charge in [0, 0.05) is 24.1 Å². The topological polar surface area (TPSA) is 49.6 Å². The minimum absolute atomic E-state index is 0. The molecular weight excluding hydrogens is 437 g/mol. The number of rotatable bonds is 4. The van der Waals surface area contributed by atoms with Crippen molar-refractivity contribution in [2.24, 2.45) is 11.7 Å². The van der Waals surface area contributed by atoms with Gasteiger partial charge < -0.3 is 15.5 Å². The molecule has 148 valence electrons. The van der Waals surface area contributed by atoms with E-state index in [1.807, 2.05) is 36.1 Å². The number of halogens is 3. The van der Waals surface area contributed by atoms with Crippen LogP contribution in [0.4, 0.5) is 0 Å². The van der Waals surface area contributed by atoms with Crippen LogP contribution in [-0.2, 0) is 10.3 Å². The van der Waals surface area contributed by atoms with Crippen molar-refractivity contribution in [3.8, 4) is 0 Å². The highest BCUT2D eigenvalue weighted by Crippen LogP contribution is 2.26. The number of likely N-dealkylation sites (tertiary alicyclic amines) is 2. The third-order valence-corrected chi connectivity index (χ3v) is 6.03. The van der Waals surface area contributed by atoms with Crippen molar-refractivity contribution < 1.29 is 4.79 Å². The molecule has 7 heteroatoms. The Labute approximate surface area is 177 Å². The van der Waals surface area contributed by atoms with Gasteiger partial charge in [0.05, 0.1) is 0 Å². The molecule has 2 N–H and O–H groups in total. The molecule has 4 nitrogen and oxygen atoms in total. The zero-order chi connectivity index (χ0) is 17.2. The van der Waals surface area contributed by atoms with E-state index in [1.165, 1.54) is 32.5 Å². The molecule has 0 radical (unpaired) electrons. The molecule has 26 heavy (non-hydrogen) atoms. The summed E-state index contributed by atoms with van der Waals surface area (Å²) in [5.41, 5.74) is 6.33. The highest BCUT2D eigenvalue weighted by Gasteiger charge is 2.36. The van der Waals surface area contributed by atoms with Gasteiger partial charge in [0.1, 0.15) is 5.54 Å². The molecule has 1 aromatic rings. The summed E-state index contributed by atoms with van der Waals surface area (Å²) >= 11 is 3.43. The van der Waals surface area contributed by atoms with Crippen LogP contribution < -0.4 is 5.73 Å². The van der Waals surface area contributed by atoms with Crippen LogP contribution in [0.25, 0.3) is 0 Å². The lowest BCUT2D eigenvalue weighted by molar-refractivity contribution is -0.138. The maximum Gasteiger partial charge on any atom is 0.246 e. The van der Waals surface area contributed by atoms with Crippen molar-refractivity contribution in [3.63, 3.8) is 0 Å². The fraction of sp³-hybridized carbons (Fsp3) is 0.632. The van der Waals surface area contributed by atoms with Crippen molar-refractivity contribution in [1.29, 1.82) is 0 Å². The summed E-state index contributed by atoms with van der Waals surface area (Å²) in [5, 5.41) is 0. The minimum Gasteiger partial charge on any atom is -0.341 e. The first-order chi connectivity index (χ1) is 11.5. The molecule has 3 rings (SSSR count). The van der Waals surface area contributed by atoms with Gasteiger partial charge in [0.15, 0.2) is 0 Å². The predicted molar refractivity (Wildman–Crippen MR) is 115 cm³/mol. The first-order valence-electron chi connectivity index (χ1n) is 9.03. The zero-order valence-corrected chi connectivity index (χ0v) is 18.5. The summed E-state index contributed by atoms with van der Waals surface area (Å²) in [5.74, 6) is 0.772. The summed E-state index contributed by atoms with van der Waals surface area (Å²) in [6, 6.07) is 7.75. The standard InChI is InChI=1S/C19H28BrN3O.2ClH/c1-19(21,16-4-6-17(20)7-5-16)18(24)23-12-8-15(9-13-23)14-22-10-2-3-11-22;;/h4-7,15H,2-3,8-14,21H2,1H3;2*1H. The summed E-state index contributed by atoms with van der Waals surface area (Å²) in [7, 11) is 0. The second kappa shape index (κ2) is 10.3. The molecule has 0 bridgehead atoms. The lowest BCUT2D eigenvalue weighted by Gasteiger charge is -2.38. The van der Waals surface area contributed by atoms with E-state index >= 15 is 0 Å². The highest BCUT2D eigenvalue weighted by atomic mass is 79.9. The Hall–Kier alpha value is -0.330. The molecule has 2 fully saturated rings. The van der Waals surface area contributed by atoms with Crippen LogP contribution in [0.15, 0.2) is 28.7 Å². The van der Waals surface area contributed by atoms with E-state index < -0.39 is 5.54 Å². The van der Waals surface area contributed by atoms with Crippen LogP contribution in [0.2, 0.25) is 0 Å². The summed E-state index contributed by atoms with van der Waals surface area (Å²) in [6.07, 6.45) is 4.88. The van der Waals surface area contributed by atoms with E-state index in [0.29, 0.717) is 0 Å². The summed E-state index contributed by atoms with van der Waals surface area (Å²) < 4.78 is 0.997. The Morgan fingerprint density at radius 1 is 1.12 bits per heavy atom. The number of hydrogen-bond acceptors (Lipinski definition) is 3. The van der Waals surface area contributed by atoms with Crippen LogP contribution in [0, 0.1) is 5.92 Å². The molecular formula is C19H30BrCl2N3O. The van der Waals surface area contributed by atoms with Crippen molar-refractivity contribution in [1.82, 2.24) is 9.80 Å². The Kier molecular flexibility index (Phi) is 9.37. The predicted octanol–water partition coefficient (Wildman–Crippen LogP) is 3.80. The molecule has 0 aliphatic carbocycles. The molecule has 2 heterocycles. The van der Waals surface area contributed by atoms with Gasteiger partial charge in [-0.15, -0.1) is 24.8 Å². The van der Waals surface area contributed by atoms with E-state index in [2.05, 4.69) is 20.8 Å². The molecule has 2 saturated heterocycles. The maximum atomic E-state index is 12.9. The third-order valence-electron chi connectivity index (χ3n) is 5.50. The van der Waals surface area contributed by atoms with Crippen LogP contribution >= 0.6 is 40.7 Å². The Morgan fingerprint density at radius 2 is 1.65 bits per heavy atom. The van der Waals surface area contributed by atoms with E-state index in [1.54, 1.807) is 0 Å². The SMILES string of the molecule is CC(N)(C(=O)N1CCC(CN2CCCC2)CC1)c1ccc(Br)cc1.Cl.Cl. The maximum absolute atomic E-state index is 12.9. The quantitative estimate of drug-likeness (QED) is 0.733. The molecule has 0 aromatic heterocycles. The molecule has 2 aliphatic rings. The number of carbonyl (C=O) groups is 1. The zero-order valence-electron chi connectivity index (χ0n) is 15.3. The lowest BCUT2D eigenvalue weighted by Crippen LogP contribution is -2.53. The largest absolute Gasteiger partial charge is 0.341 e. The van der Waals surface area contributed by atoms with Crippen molar-refractivity contribution in [3.05, 3.63) is 34.3 Å². The highest BCUT2D eigenvalue weighted by molar-refractivity contribution is 9.10. The fourth-order valence-corrected chi connectivity index (χ4v) is 4.16. The van der Waals surface area contributed by atoms with Crippen LogP contribution in [0.1, 0.15) is 38.2 Å². The fourth-order valence-electron chi connectivity index (χ4n) is 3.90. The number of nitrogens with zero attached hydrogens (tertiary/aromatic N) is 2. The third kappa shape index (κ3) is 5.59. The van der Waals surface area contributed by atoms with Crippen molar-refractivity contribution in [2.45, 2.75) is 38.1 Å². The normalized spacial score (nSPS) is 20.8. The number of carbonyl (C=O) groups excluding carboxylic acids is 1. The second-order valence-corrected chi connectivity index (χ2v) is 8.37. The average molecular weight is 467 g/mol. The minimum atomic E-state index is -0.956. The van der Waals surface area contributed by atoms with Gasteiger partial charge in [-0.1, -0.05) is 28.1 Å². The summed E-state index contributed by atoms with van der Waals surface area (Å²) in [4.78, 5) is 17.5. The van der Waals surface area contributed by atoms with Gasteiger partial charge in [-0.2, -0.15) is 0 Å². The van der Waals surface area contributed by atoms with Gasteiger partial charge in [-0.05, 0) is 69.3 Å². The lowest BCUT2D eigenvalue weighted by atomic mass is 9.89. The molecule has 1 aromatic carbocycles. The molecule has 1 unspecified atom stereocenters. The Bertz CT molecular complexity index is 569. The van der Waals surface area contributed by atoms with Gasteiger partial charge in [-0.25, -0.2) is 0 Å². The van der Waals surface area contributed by atoms with Crippen LogP contribution in [-0.4, -0.2) is 48.4 Å². The first kappa shape index (κ1) is 23.7. The molecule has 2 aliphatic heterocycles. The average Bonchev–Trinajstić information content (AvgIpc) is 3.08. The van der Waals surface area contributed by atoms with Gasteiger partial charge >= 0.3 is 0 Å². The van der Waals surface area contributed by atoms with Gasteiger partial charge in [-0.3, -0.25) is 4.79 Å².